The molecule has 0 aromatic carbocycles. The van der Waals surface area contributed by atoms with E-state index in [2.05, 4.69) is 6.58 Å². The van der Waals surface area contributed by atoms with E-state index in [0.717, 1.165) is 0 Å². The van der Waals surface area contributed by atoms with Crippen LogP contribution in [0, 0.1) is 5.92 Å². The SMILES string of the molecule is C=C(C)C(=O)OC1CCCC(C(CC)(CC)OCC(O)(C(F)(F)F)C(F)(F)F)C1. The van der Waals surface area contributed by atoms with E-state index in [0.29, 0.717) is 19.3 Å². The Morgan fingerprint density at radius 3 is 2.00 bits per heavy atom. The van der Waals surface area contributed by atoms with Crippen molar-refractivity contribution in [3.63, 3.8) is 0 Å². The Kier molecular flexibility index (Phi) is 8.20. The van der Waals surface area contributed by atoms with Gasteiger partial charge in [0.15, 0.2) is 0 Å². The molecule has 0 aromatic heterocycles. The number of ether oxygens (including phenoxy) is 2. The van der Waals surface area contributed by atoms with Crippen LogP contribution in [0.4, 0.5) is 26.3 Å². The lowest BCUT2D eigenvalue weighted by Crippen LogP contribution is -2.61. The molecule has 1 rings (SSSR count). The fourth-order valence-electron chi connectivity index (χ4n) is 3.70. The normalized spacial score (nSPS) is 21.7. The lowest BCUT2D eigenvalue weighted by molar-refractivity contribution is -0.384. The summed E-state index contributed by atoms with van der Waals surface area (Å²) in [7, 11) is 0. The third-order valence-corrected chi connectivity index (χ3v) is 5.70. The van der Waals surface area contributed by atoms with E-state index in [1.165, 1.54) is 6.92 Å². The van der Waals surface area contributed by atoms with Gasteiger partial charge in [0.25, 0.3) is 5.60 Å². The molecule has 0 heterocycles. The van der Waals surface area contributed by atoms with E-state index in [4.69, 9.17) is 9.47 Å². The predicted octanol–water partition coefficient (Wildman–Crippen LogP) is 5.10. The van der Waals surface area contributed by atoms with Crippen molar-refractivity contribution < 1.29 is 45.7 Å². The summed E-state index contributed by atoms with van der Waals surface area (Å²) in [5.41, 5.74) is -6.09. The molecule has 0 spiro atoms. The quantitative estimate of drug-likeness (QED) is 0.328. The van der Waals surface area contributed by atoms with Gasteiger partial charge in [-0.15, -0.1) is 0 Å². The lowest BCUT2D eigenvalue weighted by atomic mass is 9.73. The predicted molar refractivity (Wildman–Crippen MR) is 93.0 cm³/mol. The Bertz CT molecular complexity index is 566. The lowest BCUT2D eigenvalue weighted by Gasteiger charge is -2.45. The summed E-state index contributed by atoms with van der Waals surface area (Å²) in [6.07, 6.45) is -10.3. The third-order valence-electron chi connectivity index (χ3n) is 5.70. The van der Waals surface area contributed by atoms with Gasteiger partial charge in [0.05, 0.1) is 12.2 Å². The van der Waals surface area contributed by atoms with Crippen LogP contribution in [0.3, 0.4) is 0 Å². The van der Waals surface area contributed by atoms with Gasteiger partial charge in [0.1, 0.15) is 6.10 Å². The molecule has 2 atom stereocenters. The summed E-state index contributed by atoms with van der Waals surface area (Å²) in [6.45, 7) is 6.22. The number of alkyl halides is 6. The maximum atomic E-state index is 13.0. The summed E-state index contributed by atoms with van der Waals surface area (Å²) in [5, 5.41) is 9.42. The van der Waals surface area contributed by atoms with Gasteiger partial charge in [0, 0.05) is 5.57 Å². The molecule has 1 N–H and O–H groups in total. The highest BCUT2D eigenvalue weighted by atomic mass is 19.4. The zero-order chi connectivity index (χ0) is 22.7. The van der Waals surface area contributed by atoms with Crippen LogP contribution in [0.1, 0.15) is 59.3 Å². The molecule has 0 aliphatic heterocycles. The van der Waals surface area contributed by atoms with Gasteiger partial charge >= 0.3 is 18.3 Å². The highest BCUT2D eigenvalue weighted by Gasteiger charge is 2.71. The fourth-order valence-corrected chi connectivity index (χ4v) is 3.70. The average molecular weight is 434 g/mol. The first-order valence-corrected chi connectivity index (χ1v) is 9.49. The monoisotopic (exact) mass is 434 g/mol. The molecule has 0 aromatic rings. The Morgan fingerprint density at radius 1 is 1.07 bits per heavy atom. The zero-order valence-corrected chi connectivity index (χ0v) is 16.8. The maximum Gasteiger partial charge on any atom is 0.428 e. The minimum absolute atomic E-state index is 0.140. The topological polar surface area (TPSA) is 55.8 Å². The number of hydrogen-bond acceptors (Lipinski definition) is 4. The molecule has 0 bridgehead atoms. The summed E-state index contributed by atoms with van der Waals surface area (Å²) >= 11 is 0. The first-order chi connectivity index (χ1) is 13.1. The number of carbonyl (C=O) groups excluding carboxylic acids is 1. The second-order valence-electron chi connectivity index (χ2n) is 7.59. The molecule has 4 nitrogen and oxygen atoms in total. The zero-order valence-electron chi connectivity index (χ0n) is 16.8. The molecule has 29 heavy (non-hydrogen) atoms. The van der Waals surface area contributed by atoms with Gasteiger partial charge in [0.2, 0.25) is 0 Å². The molecule has 0 amide bonds. The van der Waals surface area contributed by atoms with Gasteiger partial charge in [-0.2, -0.15) is 26.3 Å². The minimum atomic E-state index is -5.94. The van der Waals surface area contributed by atoms with Crippen LogP contribution in [-0.4, -0.2) is 47.3 Å². The van der Waals surface area contributed by atoms with Gasteiger partial charge < -0.3 is 14.6 Å². The van der Waals surface area contributed by atoms with Crippen LogP contribution in [0.5, 0.6) is 0 Å². The maximum absolute atomic E-state index is 13.0. The molecule has 0 saturated heterocycles. The van der Waals surface area contributed by atoms with Gasteiger partial charge in [-0.05, 0) is 51.4 Å². The minimum Gasteiger partial charge on any atom is -0.459 e. The highest BCUT2D eigenvalue weighted by molar-refractivity contribution is 5.87. The van der Waals surface area contributed by atoms with Crippen molar-refractivity contribution in [2.75, 3.05) is 6.61 Å². The second-order valence-corrected chi connectivity index (χ2v) is 7.59. The summed E-state index contributed by atoms with van der Waals surface area (Å²) in [6, 6.07) is 0. The number of halogens is 6. The molecule has 1 aliphatic rings. The van der Waals surface area contributed by atoms with Crippen molar-refractivity contribution >= 4 is 5.97 Å². The van der Waals surface area contributed by atoms with E-state index in [-0.39, 0.29) is 24.8 Å². The highest BCUT2D eigenvalue weighted by Crippen LogP contribution is 2.46. The van der Waals surface area contributed by atoms with Crippen molar-refractivity contribution in [2.24, 2.45) is 5.92 Å². The Morgan fingerprint density at radius 2 is 1.59 bits per heavy atom. The van der Waals surface area contributed by atoms with Crippen molar-refractivity contribution in [1.29, 1.82) is 0 Å². The van der Waals surface area contributed by atoms with E-state index < -0.39 is 48.2 Å². The number of carbonyl (C=O) groups is 1. The average Bonchev–Trinajstić information content (AvgIpc) is 2.61. The van der Waals surface area contributed by atoms with E-state index in [1.807, 2.05) is 0 Å². The van der Waals surface area contributed by atoms with Crippen LogP contribution in [0.2, 0.25) is 0 Å². The van der Waals surface area contributed by atoms with E-state index in [1.54, 1.807) is 13.8 Å². The molecule has 1 saturated carbocycles. The molecule has 0 radical (unpaired) electrons. The van der Waals surface area contributed by atoms with E-state index in [9.17, 15) is 36.2 Å². The van der Waals surface area contributed by atoms with Crippen LogP contribution in [-0.2, 0) is 14.3 Å². The number of aliphatic hydroxyl groups is 1. The van der Waals surface area contributed by atoms with Crippen LogP contribution in [0.25, 0.3) is 0 Å². The van der Waals surface area contributed by atoms with Crippen molar-refractivity contribution in [3.8, 4) is 0 Å². The fraction of sp³-hybridized carbons (Fsp3) is 0.842. The van der Waals surface area contributed by atoms with Crippen LogP contribution in [0.15, 0.2) is 12.2 Å². The first kappa shape index (κ1) is 25.7. The second kappa shape index (κ2) is 9.24. The van der Waals surface area contributed by atoms with Gasteiger partial charge in [-0.25, -0.2) is 4.79 Å². The standard InChI is InChI=1S/C19H28F6O4/c1-5-16(6-2,28-11-17(27,18(20,21)22)19(23,24)25)13-8-7-9-14(10-13)29-15(26)12(3)4/h13-14,27H,3,5-11H2,1-2,4H3. The molecular formula is C19H28F6O4. The first-order valence-electron chi connectivity index (χ1n) is 9.49. The number of esters is 1. The Balaban J connectivity index is 3.04. The molecular weight excluding hydrogens is 406 g/mol. The summed E-state index contributed by atoms with van der Waals surface area (Å²) in [5.74, 6) is -1.03. The number of rotatable bonds is 8. The molecule has 170 valence electrons. The molecule has 1 aliphatic carbocycles. The molecule has 1 fully saturated rings. The van der Waals surface area contributed by atoms with Crippen molar-refractivity contribution in [1.82, 2.24) is 0 Å². The molecule has 10 heteroatoms. The summed E-state index contributed by atoms with van der Waals surface area (Å²) < 4.78 is 88.5. The van der Waals surface area contributed by atoms with Gasteiger partial charge in [-0.1, -0.05) is 20.4 Å². The Labute approximate surface area is 166 Å². The van der Waals surface area contributed by atoms with E-state index >= 15 is 0 Å². The van der Waals surface area contributed by atoms with Crippen LogP contribution >= 0.6 is 0 Å². The number of hydrogen-bond donors (Lipinski definition) is 1. The van der Waals surface area contributed by atoms with Gasteiger partial charge in [-0.3, -0.25) is 0 Å². The largest absolute Gasteiger partial charge is 0.459 e. The van der Waals surface area contributed by atoms with Crippen LogP contribution < -0.4 is 0 Å². The third kappa shape index (κ3) is 5.65. The van der Waals surface area contributed by atoms with Crippen molar-refractivity contribution in [3.05, 3.63) is 12.2 Å². The smallest absolute Gasteiger partial charge is 0.428 e. The Hall–Kier alpha value is -1.29. The summed E-state index contributed by atoms with van der Waals surface area (Å²) in [4.78, 5) is 11.7. The molecule has 2 unspecified atom stereocenters. The van der Waals surface area contributed by atoms with Crippen molar-refractivity contribution in [2.45, 2.75) is 89.0 Å².